The first-order valence-electron chi connectivity index (χ1n) is 5.96. The Balaban J connectivity index is 2.62. The molecule has 98 valence electrons. The Bertz CT molecular complexity index is 423. The molecule has 0 saturated heterocycles. The molecule has 1 amide bonds. The van der Waals surface area contributed by atoms with E-state index in [4.69, 9.17) is 4.43 Å². The number of anilines is 1. The van der Waals surface area contributed by atoms with Crippen LogP contribution in [0.1, 0.15) is 0 Å². The summed E-state index contributed by atoms with van der Waals surface area (Å²) < 4.78 is 5.69. The highest BCUT2D eigenvalue weighted by Gasteiger charge is 2.19. The normalized spacial score (nSPS) is 11.1. The smallest absolute Gasteiger partial charge is 0.255 e. The van der Waals surface area contributed by atoms with Gasteiger partial charge < -0.3 is 9.33 Å². The van der Waals surface area contributed by atoms with Crippen molar-refractivity contribution in [2.75, 3.05) is 18.6 Å². The van der Waals surface area contributed by atoms with Gasteiger partial charge in [0.25, 0.3) is 5.91 Å². The standard InChI is InChI=1S/C14H21NO2Si/c1-12(11-17-18(3,4)5)14(16)15(2)13-9-7-6-8-10-13/h6-10H,1,11H2,2-5H3. The predicted octanol–water partition coefficient (Wildman–Crippen LogP) is 3.06. The maximum atomic E-state index is 12.1. The third kappa shape index (κ3) is 4.47. The minimum absolute atomic E-state index is 0.0977. The number of amides is 1. The van der Waals surface area contributed by atoms with Crippen LogP contribution in [-0.4, -0.2) is 27.9 Å². The van der Waals surface area contributed by atoms with Gasteiger partial charge in [-0.1, -0.05) is 24.8 Å². The van der Waals surface area contributed by atoms with Crippen molar-refractivity contribution in [1.29, 1.82) is 0 Å². The Morgan fingerprint density at radius 2 is 1.83 bits per heavy atom. The van der Waals surface area contributed by atoms with Crippen LogP contribution in [0.2, 0.25) is 19.6 Å². The highest BCUT2D eigenvalue weighted by Crippen LogP contribution is 2.14. The fourth-order valence-corrected chi connectivity index (χ4v) is 1.98. The first-order valence-corrected chi connectivity index (χ1v) is 9.37. The molecule has 0 unspecified atom stereocenters. The maximum absolute atomic E-state index is 12.1. The quantitative estimate of drug-likeness (QED) is 0.603. The highest BCUT2D eigenvalue weighted by atomic mass is 28.4. The summed E-state index contributed by atoms with van der Waals surface area (Å²) in [7, 11) is 0.136. The van der Waals surface area contributed by atoms with Gasteiger partial charge in [0.05, 0.1) is 6.61 Å². The molecule has 0 aromatic heterocycles. The Labute approximate surface area is 110 Å². The lowest BCUT2D eigenvalue weighted by Gasteiger charge is -2.21. The van der Waals surface area contributed by atoms with E-state index >= 15 is 0 Å². The molecular formula is C14H21NO2Si. The summed E-state index contributed by atoms with van der Waals surface area (Å²) in [5.41, 5.74) is 1.35. The average Bonchev–Trinajstić information content (AvgIpc) is 2.34. The van der Waals surface area contributed by atoms with E-state index in [9.17, 15) is 4.79 Å². The van der Waals surface area contributed by atoms with Crippen molar-refractivity contribution in [3.8, 4) is 0 Å². The summed E-state index contributed by atoms with van der Waals surface area (Å²) in [6, 6.07) is 9.51. The van der Waals surface area contributed by atoms with Gasteiger partial charge in [-0.3, -0.25) is 4.79 Å². The van der Waals surface area contributed by atoms with Crippen LogP contribution in [0.3, 0.4) is 0 Å². The topological polar surface area (TPSA) is 29.5 Å². The van der Waals surface area contributed by atoms with Crippen molar-refractivity contribution in [3.05, 3.63) is 42.5 Å². The molecule has 1 aromatic rings. The van der Waals surface area contributed by atoms with Crippen molar-refractivity contribution in [3.63, 3.8) is 0 Å². The first kappa shape index (κ1) is 14.7. The highest BCUT2D eigenvalue weighted by molar-refractivity contribution is 6.69. The van der Waals surface area contributed by atoms with Crippen molar-refractivity contribution >= 4 is 19.9 Å². The van der Waals surface area contributed by atoms with E-state index in [0.29, 0.717) is 12.2 Å². The number of likely N-dealkylation sites (N-methyl/N-ethyl adjacent to an activating group) is 1. The van der Waals surface area contributed by atoms with Gasteiger partial charge in [0.2, 0.25) is 0 Å². The van der Waals surface area contributed by atoms with E-state index < -0.39 is 8.32 Å². The number of carbonyl (C=O) groups excluding carboxylic acids is 1. The molecule has 0 aliphatic rings. The molecule has 1 rings (SSSR count). The minimum Gasteiger partial charge on any atom is -0.413 e. The number of carbonyl (C=O) groups is 1. The van der Waals surface area contributed by atoms with Gasteiger partial charge in [0.1, 0.15) is 0 Å². The Hall–Kier alpha value is -1.39. The maximum Gasteiger partial charge on any atom is 0.255 e. The zero-order chi connectivity index (χ0) is 13.8. The molecule has 0 atom stereocenters. The number of nitrogens with zero attached hydrogens (tertiary/aromatic N) is 1. The third-order valence-corrected chi connectivity index (χ3v) is 3.44. The third-order valence-electron chi connectivity index (χ3n) is 2.43. The van der Waals surface area contributed by atoms with Crippen LogP contribution in [0.25, 0.3) is 0 Å². The van der Waals surface area contributed by atoms with E-state index in [1.165, 1.54) is 0 Å². The molecule has 0 N–H and O–H groups in total. The monoisotopic (exact) mass is 263 g/mol. The molecule has 0 bridgehead atoms. The van der Waals surface area contributed by atoms with Crippen LogP contribution in [0.4, 0.5) is 5.69 Å². The minimum atomic E-state index is -1.61. The average molecular weight is 263 g/mol. The van der Waals surface area contributed by atoms with Crippen LogP contribution in [0, 0.1) is 0 Å². The van der Waals surface area contributed by atoms with E-state index in [1.807, 2.05) is 30.3 Å². The van der Waals surface area contributed by atoms with Crippen molar-refractivity contribution in [1.82, 2.24) is 0 Å². The predicted molar refractivity (Wildman–Crippen MR) is 78.3 cm³/mol. The molecule has 0 aliphatic heterocycles. The van der Waals surface area contributed by atoms with Gasteiger partial charge in [-0.05, 0) is 31.8 Å². The summed E-state index contributed by atoms with van der Waals surface area (Å²) in [4.78, 5) is 13.7. The summed E-state index contributed by atoms with van der Waals surface area (Å²) in [5.74, 6) is -0.0977. The first-order chi connectivity index (χ1) is 8.31. The van der Waals surface area contributed by atoms with E-state index in [-0.39, 0.29) is 5.91 Å². The summed E-state index contributed by atoms with van der Waals surface area (Å²) in [6.45, 7) is 10.4. The second-order valence-corrected chi connectivity index (χ2v) is 9.72. The van der Waals surface area contributed by atoms with Gasteiger partial charge in [-0.2, -0.15) is 0 Å². The molecule has 1 aromatic carbocycles. The largest absolute Gasteiger partial charge is 0.413 e. The van der Waals surface area contributed by atoms with Gasteiger partial charge >= 0.3 is 0 Å². The second-order valence-electron chi connectivity index (χ2n) is 5.20. The summed E-state index contributed by atoms with van der Waals surface area (Å²) in [5, 5.41) is 0. The Kier molecular flexibility index (Phi) is 4.87. The Morgan fingerprint density at radius 1 is 1.28 bits per heavy atom. The zero-order valence-electron chi connectivity index (χ0n) is 11.6. The molecular weight excluding hydrogens is 242 g/mol. The van der Waals surface area contributed by atoms with Gasteiger partial charge in [-0.15, -0.1) is 0 Å². The van der Waals surface area contributed by atoms with Crippen molar-refractivity contribution < 1.29 is 9.22 Å². The number of para-hydroxylation sites is 1. The number of benzene rings is 1. The van der Waals surface area contributed by atoms with E-state index in [2.05, 4.69) is 26.2 Å². The molecule has 3 nitrogen and oxygen atoms in total. The summed E-state index contributed by atoms with van der Waals surface area (Å²) in [6.07, 6.45) is 0. The molecule has 0 heterocycles. The molecule has 0 saturated carbocycles. The zero-order valence-corrected chi connectivity index (χ0v) is 12.6. The molecule has 18 heavy (non-hydrogen) atoms. The number of hydrogen-bond donors (Lipinski definition) is 0. The lowest BCUT2D eigenvalue weighted by molar-refractivity contribution is -0.115. The number of rotatable bonds is 5. The molecule has 0 spiro atoms. The molecule has 4 heteroatoms. The van der Waals surface area contributed by atoms with Crippen LogP contribution in [0.5, 0.6) is 0 Å². The van der Waals surface area contributed by atoms with Crippen LogP contribution < -0.4 is 4.90 Å². The van der Waals surface area contributed by atoms with Crippen LogP contribution in [-0.2, 0) is 9.22 Å². The van der Waals surface area contributed by atoms with Crippen LogP contribution in [0.15, 0.2) is 42.5 Å². The van der Waals surface area contributed by atoms with Crippen molar-refractivity contribution in [2.24, 2.45) is 0 Å². The van der Waals surface area contributed by atoms with Crippen LogP contribution >= 0.6 is 0 Å². The van der Waals surface area contributed by atoms with E-state index in [0.717, 1.165) is 5.69 Å². The fourth-order valence-electron chi connectivity index (χ4n) is 1.37. The van der Waals surface area contributed by atoms with Crippen molar-refractivity contribution in [2.45, 2.75) is 19.6 Å². The number of hydrogen-bond acceptors (Lipinski definition) is 2. The lowest BCUT2D eigenvalue weighted by atomic mass is 10.2. The lowest BCUT2D eigenvalue weighted by Crippen LogP contribution is -2.32. The molecule has 0 fully saturated rings. The molecule has 0 radical (unpaired) electrons. The van der Waals surface area contributed by atoms with E-state index in [1.54, 1.807) is 11.9 Å². The molecule has 0 aliphatic carbocycles. The summed E-state index contributed by atoms with van der Waals surface area (Å²) >= 11 is 0. The Morgan fingerprint density at radius 3 is 2.33 bits per heavy atom. The fraction of sp³-hybridized carbons (Fsp3) is 0.357. The van der Waals surface area contributed by atoms with Gasteiger partial charge in [-0.25, -0.2) is 0 Å². The second kappa shape index (κ2) is 5.98. The van der Waals surface area contributed by atoms with Gasteiger partial charge in [0.15, 0.2) is 8.32 Å². The SMILES string of the molecule is C=C(CO[Si](C)(C)C)C(=O)N(C)c1ccccc1. The van der Waals surface area contributed by atoms with Gasteiger partial charge in [0, 0.05) is 18.3 Å².